The molecule has 136 valence electrons. The second kappa shape index (κ2) is 6.68. The van der Waals surface area contributed by atoms with Gasteiger partial charge in [0.2, 0.25) is 0 Å². The van der Waals surface area contributed by atoms with E-state index in [9.17, 15) is 4.79 Å². The molecule has 0 spiro atoms. The third-order valence-corrected chi connectivity index (χ3v) is 4.28. The van der Waals surface area contributed by atoms with E-state index in [2.05, 4.69) is 15.1 Å². The molecular weight excluding hydrogens is 344 g/mol. The van der Waals surface area contributed by atoms with Crippen LogP contribution in [-0.2, 0) is 11.3 Å². The summed E-state index contributed by atoms with van der Waals surface area (Å²) >= 11 is 0. The Balaban J connectivity index is 1.52. The average molecular weight is 362 g/mol. The molecule has 0 atom stereocenters. The van der Waals surface area contributed by atoms with Gasteiger partial charge in [-0.05, 0) is 54.4 Å². The van der Waals surface area contributed by atoms with Crippen molar-refractivity contribution in [1.29, 1.82) is 0 Å². The highest BCUT2D eigenvalue weighted by molar-refractivity contribution is 5.86. The summed E-state index contributed by atoms with van der Waals surface area (Å²) in [4.78, 5) is 20.8. The highest BCUT2D eigenvalue weighted by Crippen LogP contribution is 2.22. The number of hydrogen-bond donors (Lipinski definition) is 0. The van der Waals surface area contributed by atoms with Crippen LogP contribution in [0.4, 0.5) is 0 Å². The molecule has 4 aromatic rings. The number of nitrogens with zero attached hydrogens (tertiary/aromatic N) is 4. The molecule has 0 amide bonds. The Bertz CT molecular complexity index is 1170. The fourth-order valence-electron chi connectivity index (χ4n) is 2.96. The Morgan fingerprint density at radius 1 is 1.04 bits per heavy atom. The van der Waals surface area contributed by atoms with Crippen molar-refractivity contribution in [3.8, 4) is 5.75 Å². The molecule has 0 aliphatic heterocycles. The third kappa shape index (κ3) is 3.31. The first-order valence-electron chi connectivity index (χ1n) is 8.48. The van der Waals surface area contributed by atoms with E-state index in [-0.39, 0.29) is 12.4 Å². The van der Waals surface area contributed by atoms with Crippen molar-refractivity contribution in [2.24, 2.45) is 0 Å². The molecule has 0 saturated carbocycles. The van der Waals surface area contributed by atoms with Gasteiger partial charge >= 0.3 is 5.97 Å². The van der Waals surface area contributed by atoms with Crippen LogP contribution >= 0.6 is 0 Å². The van der Waals surface area contributed by atoms with Gasteiger partial charge in [0.25, 0.3) is 11.6 Å². The first-order chi connectivity index (χ1) is 13.0. The van der Waals surface area contributed by atoms with Crippen molar-refractivity contribution in [1.82, 2.24) is 19.6 Å². The van der Waals surface area contributed by atoms with Gasteiger partial charge in [0.1, 0.15) is 12.4 Å². The zero-order valence-corrected chi connectivity index (χ0v) is 15.3. The molecule has 0 fully saturated rings. The van der Waals surface area contributed by atoms with Crippen LogP contribution in [0.25, 0.3) is 16.6 Å². The van der Waals surface area contributed by atoms with Gasteiger partial charge in [-0.2, -0.15) is 4.98 Å². The first-order valence-corrected chi connectivity index (χ1v) is 8.48. The third-order valence-electron chi connectivity index (χ3n) is 4.28. The number of esters is 1. The molecule has 0 unspecified atom stereocenters. The van der Waals surface area contributed by atoms with Crippen LogP contribution in [0, 0.1) is 13.8 Å². The highest BCUT2D eigenvalue weighted by atomic mass is 16.5. The predicted molar refractivity (Wildman–Crippen MR) is 99.9 cm³/mol. The van der Waals surface area contributed by atoms with Gasteiger partial charge in [0, 0.05) is 11.4 Å². The van der Waals surface area contributed by atoms with Crippen molar-refractivity contribution in [2.45, 2.75) is 20.5 Å². The minimum atomic E-state index is -0.576. The Kier molecular flexibility index (Phi) is 4.19. The molecule has 2 heterocycles. The Morgan fingerprint density at radius 3 is 2.63 bits per heavy atom. The number of methoxy groups -OCH3 is 1. The van der Waals surface area contributed by atoms with Crippen molar-refractivity contribution in [2.75, 3.05) is 7.11 Å². The van der Waals surface area contributed by atoms with E-state index in [0.29, 0.717) is 5.78 Å². The maximum absolute atomic E-state index is 12.3. The summed E-state index contributed by atoms with van der Waals surface area (Å²) in [7, 11) is 1.64. The van der Waals surface area contributed by atoms with E-state index in [4.69, 9.17) is 9.47 Å². The van der Waals surface area contributed by atoms with E-state index in [1.807, 2.05) is 56.3 Å². The van der Waals surface area contributed by atoms with Crippen molar-refractivity contribution < 1.29 is 14.3 Å². The number of ether oxygens (including phenoxy) is 2. The van der Waals surface area contributed by atoms with Crippen molar-refractivity contribution >= 4 is 22.5 Å². The number of benzene rings is 2. The van der Waals surface area contributed by atoms with Crippen LogP contribution in [0.2, 0.25) is 0 Å². The number of fused-ring (bicyclic) bond motifs is 2. The molecule has 2 aromatic heterocycles. The molecule has 7 heteroatoms. The highest BCUT2D eigenvalue weighted by Gasteiger charge is 2.16. The summed E-state index contributed by atoms with van der Waals surface area (Å²) < 4.78 is 12.1. The molecule has 0 radical (unpaired) electrons. The van der Waals surface area contributed by atoms with E-state index in [0.717, 1.165) is 33.5 Å². The van der Waals surface area contributed by atoms with Crippen LogP contribution in [0.15, 0.2) is 42.5 Å². The maximum atomic E-state index is 12.3. The van der Waals surface area contributed by atoms with Crippen LogP contribution < -0.4 is 4.74 Å². The Morgan fingerprint density at radius 2 is 1.81 bits per heavy atom. The van der Waals surface area contributed by atoms with Gasteiger partial charge in [0.15, 0.2) is 0 Å². The first kappa shape index (κ1) is 17.0. The lowest BCUT2D eigenvalue weighted by Crippen LogP contribution is -2.08. The molecule has 0 N–H and O–H groups in total. The van der Waals surface area contributed by atoms with E-state index >= 15 is 0 Å². The molecule has 0 bridgehead atoms. The number of rotatable bonds is 4. The van der Waals surface area contributed by atoms with Gasteiger partial charge < -0.3 is 9.47 Å². The van der Waals surface area contributed by atoms with E-state index in [1.54, 1.807) is 7.11 Å². The zero-order valence-electron chi connectivity index (χ0n) is 15.3. The second-order valence-corrected chi connectivity index (χ2v) is 6.31. The lowest BCUT2D eigenvalue weighted by atomic mass is 10.1. The summed E-state index contributed by atoms with van der Waals surface area (Å²) in [6.07, 6.45) is 0. The van der Waals surface area contributed by atoms with Crippen LogP contribution in [0.3, 0.4) is 0 Å². The summed E-state index contributed by atoms with van der Waals surface area (Å²) in [6, 6.07) is 13.6. The van der Waals surface area contributed by atoms with E-state index < -0.39 is 5.97 Å². The number of carbonyl (C=O) groups is 1. The molecule has 2 aromatic carbocycles. The molecular formula is C20H18N4O3. The summed E-state index contributed by atoms with van der Waals surface area (Å²) in [5.41, 5.74) is 2.56. The van der Waals surface area contributed by atoms with Crippen molar-refractivity contribution in [3.05, 3.63) is 65.2 Å². The quantitative estimate of drug-likeness (QED) is 0.519. The smallest absolute Gasteiger partial charge is 0.378 e. The number of carbonyl (C=O) groups excluding carboxylic acids is 1. The molecule has 0 aliphatic rings. The molecule has 27 heavy (non-hydrogen) atoms. The van der Waals surface area contributed by atoms with Crippen LogP contribution in [0.5, 0.6) is 5.75 Å². The predicted octanol–water partition coefficient (Wildman–Crippen LogP) is 3.26. The van der Waals surface area contributed by atoms with Crippen molar-refractivity contribution in [3.63, 3.8) is 0 Å². The second-order valence-electron chi connectivity index (χ2n) is 6.31. The minimum Gasteiger partial charge on any atom is -0.497 e. The number of hydrogen-bond acceptors (Lipinski definition) is 6. The molecule has 7 nitrogen and oxygen atoms in total. The Hall–Kier alpha value is -3.48. The van der Waals surface area contributed by atoms with E-state index in [1.165, 1.54) is 4.52 Å². The largest absolute Gasteiger partial charge is 0.497 e. The molecule has 0 saturated heterocycles. The molecule has 0 aliphatic carbocycles. The maximum Gasteiger partial charge on any atom is 0.378 e. The topological polar surface area (TPSA) is 78.6 Å². The fraction of sp³-hybridized carbons (Fsp3) is 0.200. The summed E-state index contributed by atoms with van der Waals surface area (Å²) in [5.74, 6) is 0.618. The van der Waals surface area contributed by atoms with Crippen LogP contribution in [0.1, 0.15) is 27.6 Å². The van der Waals surface area contributed by atoms with Gasteiger partial charge in [0.05, 0.1) is 7.11 Å². The lowest BCUT2D eigenvalue weighted by Gasteiger charge is -2.06. The lowest BCUT2D eigenvalue weighted by molar-refractivity contribution is 0.0458. The Labute approximate surface area is 155 Å². The minimum absolute atomic E-state index is 0.00160. The van der Waals surface area contributed by atoms with Gasteiger partial charge in [-0.15, -0.1) is 5.10 Å². The van der Waals surface area contributed by atoms with Gasteiger partial charge in [-0.1, -0.05) is 18.2 Å². The molecule has 4 rings (SSSR count). The number of aromatic nitrogens is 4. The summed E-state index contributed by atoms with van der Waals surface area (Å²) in [6.45, 7) is 3.90. The fourth-order valence-corrected chi connectivity index (χ4v) is 2.96. The number of aryl methyl sites for hydroxylation is 2. The monoisotopic (exact) mass is 362 g/mol. The van der Waals surface area contributed by atoms with Gasteiger partial charge in [-0.25, -0.2) is 14.3 Å². The zero-order chi connectivity index (χ0) is 19.0. The van der Waals surface area contributed by atoms with Crippen LogP contribution in [-0.4, -0.2) is 32.7 Å². The van der Waals surface area contributed by atoms with Gasteiger partial charge in [-0.3, -0.25) is 0 Å². The normalized spacial score (nSPS) is 11.1. The average Bonchev–Trinajstić information content (AvgIpc) is 3.10. The summed E-state index contributed by atoms with van der Waals surface area (Å²) in [5, 5.41) is 6.29. The standard InChI is InChI=1S/C20H18N4O3/c1-12-8-13(2)24-20(21-12)22-18(23-24)19(25)27-11-14-4-5-16-10-17(26-3)7-6-15(16)9-14/h4-10H,11H2,1-3H3. The SMILES string of the molecule is COc1ccc2cc(COC(=O)c3nc4nc(C)cc(C)n4n3)ccc2c1.